The monoisotopic (exact) mass is 234 g/mol. The van der Waals surface area contributed by atoms with Crippen LogP contribution in [0.5, 0.6) is 0 Å². The van der Waals surface area contributed by atoms with Gasteiger partial charge in [0.25, 0.3) is 0 Å². The molecule has 3 rings (SSSR count). The smallest absolute Gasteiger partial charge is 0.0170 e. The Morgan fingerprint density at radius 1 is 1.06 bits per heavy atom. The number of rotatable bonds is 3. The van der Waals surface area contributed by atoms with Crippen LogP contribution in [0.25, 0.3) is 0 Å². The third-order valence-electron chi connectivity index (χ3n) is 4.93. The molecule has 3 aliphatic rings. The van der Waals surface area contributed by atoms with Gasteiger partial charge in [-0.3, -0.25) is 4.90 Å². The van der Waals surface area contributed by atoms with Gasteiger partial charge in [0.05, 0.1) is 0 Å². The lowest BCUT2D eigenvalue weighted by Crippen LogP contribution is -2.59. The van der Waals surface area contributed by atoms with Gasteiger partial charge >= 0.3 is 0 Å². The van der Waals surface area contributed by atoms with Crippen LogP contribution in [0, 0.1) is 0 Å². The van der Waals surface area contributed by atoms with Crippen LogP contribution < -0.4 is 5.32 Å². The summed E-state index contributed by atoms with van der Waals surface area (Å²) in [5, 5.41) is 3.68. The van der Waals surface area contributed by atoms with Crippen molar-refractivity contribution in [1.29, 1.82) is 0 Å². The lowest BCUT2D eigenvalue weighted by Gasteiger charge is -2.51. The van der Waals surface area contributed by atoms with Crippen molar-refractivity contribution in [2.45, 2.75) is 76.0 Å². The Balaban J connectivity index is 1.69. The average molecular weight is 234 g/mol. The Labute approximate surface area is 105 Å². The minimum Gasteiger partial charge on any atom is -0.314 e. The van der Waals surface area contributed by atoms with Crippen molar-refractivity contribution in [2.24, 2.45) is 0 Å². The molecular formula is C15H26N2. The molecule has 2 saturated heterocycles. The van der Waals surface area contributed by atoms with Crippen LogP contribution in [0.1, 0.15) is 51.9 Å². The number of hydrogen-bond acceptors (Lipinski definition) is 2. The van der Waals surface area contributed by atoms with E-state index in [0.717, 1.165) is 30.7 Å². The van der Waals surface area contributed by atoms with Crippen molar-refractivity contribution < 1.29 is 0 Å². The molecule has 0 saturated carbocycles. The summed E-state index contributed by atoms with van der Waals surface area (Å²) in [4.78, 5) is 2.90. The summed E-state index contributed by atoms with van der Waals surface area (Å²) >= 11 is 0. The molecule has 0 spiro atoms. The second-order valence-corrected chi connectivity index (χ2v) is 6.01. The van der Waals surface area contributed by atoms with Gasteiger partial charge in [0.15, 0.2) is 0 Å². The van der Waals surface area contributed by atoms with E-state index in [2.05, 4.69) is 29.3 Å². The molecule has 2 unspecified atom stereocenters. The van der Waals surface area contributed by atoms with Gasteiger partial charge in [0.1, 0.15) is 0 Å². The van der Waals surface area contributed by atoms with Gasteiger partial charge in [-0.05, 0) is 45.1 Å². The molecule has 0 aromatic carbocycles. The third-order valence-corrected chi connectivity index (χ3v) is 4.93. The topological polar surface area (TPSA) is 15.3 Å². The van der Waals surface area contributed by atoms with E-state index in [0.29, 0.717) is 0 Å². The second kappa shape index (κ2) is 5.11. The van der Waals surface area contributed by atoms with Crippen LogP contribution in [-0.2, 0) is 0 Å². The number of nitrogens with one attached hydrogen (secondary N) is 1. The van der Waals surface area contributed by atoms with Crippen molar-refractivity contribution in [1.82, 2.24) is 10.2 Å². The van der Waals surface area contributed by atoms with E-state index in [-0.39, 0.29) is 0 Å². The van der Waals surface area contributed by atoms with Gasteiger partial charge in [-0.25, -0.2) is 0 Å². The molecule has 2 bridgehead atoms. The lowest BCUT2D eigenvalue weighted by molar-refractivity contribution is -0.00677. The Hall–Kier alpha value is -0.340. The highest BCUT2D eigenvalue weighted by Crippen LogP contribution is 2.38. The Morgan fingerprint density at radius 2 is 1.71 bits per heavy atom. The molecule has 2 aliphatic heterocycles. The first-order valence-electron chi connectivity index (χ1n) is 7.54. The maximum absolute atomic E-state index is 3.68. The summed E-state index contributed by atoms with van der Waals surface area (Å²) in [5.74, 6) is 0. The minimum absolute atomic E-state index is 0.793. The predicted octanol–water partition coefficient (Wildman–Crippen LogP) is 2.70. The zero-order valence-corrected chi connectivity index (χ0v) is 11.1. The normalized spacial score (nSPS) is 38.8. The summed E-state index contributed by atoms with van der Waals surface area (Å²) in [5.41, 5.74) is 0. The molecule has 2 heteroatoms. The van der Waals surface area contributed by atoms with Crippen molar-refractivity contribution in [3.8, 4) is 0 Å². The summed E-state index contributed by atoms with van der Waals surface area (Å²) < 4.78 is 0. The standard InChI is InChI=1S/C15H26N2/c1-2-16-12-10-14-8-5-9-15(11-12)17(14)13-6-3-4-7-13/h3-4,12-16H,2,5-11H2,1H3. The molecule has 2 heterocycles. The van der Waals surface area contributed by atoms with E-state index in [9.17, 15) is 0 Å². The van der Waals surface area contributed by atoms with Gasteiger partial charge in [-0.2, -0.15) is 0 Å². The summed E-state index contributed by atoms with van der Waals surface area (Å²) in [6.45, 7) is 3.37. The zero-order valence-electron chi connectivity index (χ0n) is 11.1. The van der Waals surface area contributed by atoms with Crippen LogP contribution in [0.3, 0.4) is 0 Å². The van der Waals surface area contributed by atoms with Crippen LogP contribution in [0.2, 0.25) is 0 Å². The molecule has 0 aromatic rings. The van der Waals surface area contributed by atoms with E-state index in [1.54, 1.807) is 0 Å². The quantitative estimate of drug-likeness (QED) is 0.755. The highest BCUT2D eigenvalue weighted by atomic mass is 15.2. The lowest BCUT2D eigenvalue weighted by atomic mass is 9.80. The molecule has 2 fully saturated rings. The van der Waals surface area contributed by atoms with Crippen molar-refractivity contribution >= 4 is 0 Å². The number of fused-ring (bicyclic) bond motifs is 2. The van der Waals surface area contributed by atoms with Gasteiger partial charge in [-0.15, -0.1) is 0 Å². The van der Waals surface area contributed by atoms with Gasteiger partial charge in [0.2, 0.25) is 0 Å². The highest BCUT2D eigenvalue weighted by molar-refractivity contribution is 5.05. The molecule has 17 heavy (non-hydrogen) atoms. The van der Waals surface area contributed by atoms with E-state index < -0.39 is 0 Å². The Kier molecular flexibility index (Phi) is 3.53. The summed E-state index contributed by atoms with van der Waals surface area (Å²) in [7, 11) is 0. The number of piperidine rings is 2. The number of hydrogen-bond donors (Lipinski definition) is 1. The fourth-order valence-corrected chi connectivity index (χ4v) is 4.32. The van der Waals surface area contributed by atoms with Crippen molar-refractivity contribution in [3.05, 3.63) is 12.2 Å². The van der Waals surface area contributed by atoms with Crippen LogP contribution in [0.15, 0.2) is 12.2 Å². The van der Waals surface area contributed by atoms with Gasteiger partial charge < -0.3 is 5.32 Å². The molecule has 96 valence electrons. The fraction of sp³-hybridized carbons (Fsp3) is 0.867. The molecule has 0 aromatic heterocycles. The summed E-state index contributed by atoms with van der Waals surface area (Å²) in [6, 6.07) is 3.38. The maximum Gasteiger partial charge on any atom is 0.0170 e. The first-order valence-corrected chi connectivity index (χ1v) is 7.54. The maximum atomic E-state index is 3.68. The number of nitrogens with zero attached hydrogens (tertiary/aromatic N) is 1. The zero-order chi connectivity index (χ0) is 11.7. The molecule has 1 aliphatic carbocycles. The van der Waals surface area contributed by atoms with Crippen molar-refractivity contribution in [2.75, 3.05) is 6.54 Å². The van der Waals surface area contributed by atoms with Crippen LogP contribution >= 0.6 is 0 Å². The first kappa shape index (κ1) is 11.7. The van der Waals surface area contributed by atoms with Crippen LogP contribution in [0.4, 0.5) is 0 Å². The van der Waals surface area contributed by atoms with Crippen LogP contribution in [-0.4, -0.2) is 35.6 Å². The fourth-order valence-electron chi connectivity index (χ4n) is 4.32. The minimum atomic E-state index is 0.793. The molecule has 1 N–H and O–H groups in total. The van der Waals surface area contributed by atoms with E-state index >= 15 is 0 Å². The molecule has 0 radical (unpaired) electrons. The highest BCUT2D eigenvalue weighted by Gasteiger charge is 2.41. The van der Waals surface area contributed by atoms with E-state index in [1.807, 2.05) is 0 Å². The van der Waals surface area contributed by atoms with E-state index in [1.165, 1.54) is 44.9 Å². The predicted molar refractivity (Wildman–Crippen MR) is 72.1 cm³/mol. The molecule has 0 amide bonds. The third kappa shape index (κ3) is 2.30. The SMILES string of the molecule is CCNC1CC2CCCC(C1)N2C1CC=CC1. The van der Waals surface area contributed by atoms with E-state index in [4.69, 9.17) is 0 Å². The largest absolute Gasteiger partial charge is 0.314 e. The first-order chi connectivity index (χ1) is 8.38. The Morgan fingerprint density at radius 3 is 2.29 bits per heavy atom. The van der Waals surface area contributed by atoms with Gasteiger partial charge in [-0.1, -0.05) is 25.5 Å². The Bertz CT molecular complexity index is 265. The summed E-state index contributed by atoms with van der Waals surface area (Å²) in [6.07, 6.45) is 14.5. The molecular weight excluding hydrogens is 208 g/mol. The average Bonchev–Trinajstić information content (AvgIpc) is 2.81. The second-order valence-electron chi connectivity index (χ2n) is 6.01. The van der Waals surface area contributed by atoms with Crippen molar-refractivity contribution in [3.63, 3.8) is 0 Å². The molecule has 2 atom stereocenters. The van der Waals surface area contributed by atoms with Gasteiger partial charge in [0, 0.05) is 24.2 Å². The molecule has 2 nitrogen and oxygen atoms in total.